The van der Waals surface area contributed by atoms with E-state index in [2.05, 4.69) is 0 Å². The number of methoxy groups -OCH3 is 1. The number of aryl methyl sites for hydroxylation is 1. The highest BCUT2D eigenvalue weighted by atomic mass is 16.6. The molecule has 0 saturated heterocycles. The SMILES string of the molecule is COc1ccc(C)cc1C(C)ON. The Kier molecular flexibility index (Phi) is 3.28. The van der Waals surface area contributed by atoms with Crippen molar-refractivity contribution in [1.29, 1.82) is 0 Å². The summed E-state index contributed by atoms with van der Waals surface area (Å²) < 4.78 is 5.19. The lowest BCUT2D eigenvalue weighted by atomic mass is 10.1. The van der Waals surface area contributed by atoms with E-state index in [4.69, 9.17) is 15.5 Å². The minimum absolute atomic E-state index is 0.144. The van der Waals surface area contributed by atoms with E-state index in [1.165, 1.54) is 5.56 Å². The summed E-state index contributed by atoms with van der Waals surface area (Å²) in [6.45, 7) is 3.91. The molecule has 0 heterocycles. The van der Waals surface area contributed by atoms with Crippen LogP contribution in [0, 0.1) is 6.92 Å². The third-order valence-corrected chi connectivity index (χ3v) is 2.03. The van der Waals surface area contributed by atoms with Crippen molar-refractivity contribution in [2.75, 3.05) is 7.11 Å². The van der Waals surface area contributed by atoms with Crippen LogP contribution in [0.15, 0.2) is 18.2 Å². The first-order valence-electron chi connectivity index (χ1n) is 4.19. The molecule has 0 saturated carbocycles. The van der Waals surface area contributed by atoms with E-state index in [9.17, 15) is 0 Å². The van der Waals surface area contributed by atoms with E-state index in [1.54, 1.807) is 7.11 Å². The molecule has 72 valence electrons. The average molecular weight is 181 g/mol. The van der Waals surface area contributed by atoms with Gasteiger partial charge in [-0.3, -0.25) is 4.84 Å². The third-order valence-electron chi connectivity index (χ3n) is 2.03. The van der Waals surface area contributed by atoms with Crippen LogP contribution in [0.5, 0.6) is 5.75 Å². The van der Waals surface area contributed by atoms with Crippen molar-refractivity contribution in [3.05, 3.63) is 29.3 Å². The molecular weight excluding hydrogens is 166 g/mol. The fraction of sp³-hybridized carbons (Fsp3) is 0.400. The van der Waals surface area contributed by atoms with Crippen LogP contribution < -0.4 is 10.6 Å². The van der Waals surface area contributed by atoms with Crippen LogP contribution in [0.25, 0.3) is 0 Å². The third kappa shape index (κ3) is 2.20. The van der Waals surface area contributed by atoms with E-state index in [1.807, 2.05) is 32.0 Å². The topological polar surface area (TPSA) is 44.5 Å². The zero-order valence-electron chi connectivity index (χ0n) is 8.20. The Bertz CT molecular complexity index is 286. The van der Waals surface area contributed by atoms with Gasteiger partial charge in [0.2, 0.25) is 0 Å². The Hall–Kier alpha value is -1.06. The summed E-state index contributed by atoms with van der Waals surface area (Å²) in [7, 11) is 1.64. The highest BCUT2D eigenvalue weighted by molar-refractivity contribution is 5.38. The molecule has 0 fully saturated rings. The van der Waals surface area contributed by atoms with Gasteiger partial charge in [0, 0.05) is 5.56 Å². The standard InChI is InChI=1S/C10H15NO2/c1-7-4-5-10(12-3)9(6-7)8(2)13-11/h4-6,8H,11H2,1-3H3. The van der Waals surface area contributed by atoms with Crippen LogP contribution >= 0.6 is 0 Å². The van der Waals surface area contributed by atoms with Crippen molar-refractivity contribution in [2.24, 2.45) is 5.90 Å². The molecule has 13 heavy (non-hydrogen) atoms. The van der Waals surface area contributed by atoms with Gasteiger partial charge in [-0.15, -0.1) is 0 Å². The summed E-state index contributed by atoms with van der Waals surface area (Å²) in [6, 6.07) is 5.92. The number of rotatable bonds is 3. The molecular formula is C10H15NO2. The van der Waals surface area contributed by atoms with Gasteiger partial charge in [0.05, 0.1) is 7.11 Å². The molecule has 1 atom stereocenters. The van der Waals surface area contributed by atoms with E-state index in [0.29, 0.717) is 0 Å². The lowest BCUT2D eigenvalue weighted by Gasteiger charge is -2.13. The molecule has 1 rings (SSSR count). The van der Waals surface area contributed by atoms with Crippen molar-refractivity contribution in [2.45, 2.75) is 20.0 Å². The number of nitrogens with two attached hydrogens (primary N) is 1. The lowest BCUT2D eigenvalue weighted by molar-refractivity contribution is 0.0645. The van der Waals surface area contributed by atoms with Gasteiger partial charge in [-0.05, 0) is 26.0 Å². The molecule has 0 radical (unpaired) electrons. The first-order chi connectivity index (χ1) is 6.19. The summed E-state index contributed by atoms with van der Waals surface area (Å²) in [5, 5.41) is 0. The molecule has 1 unspecified atom stereocenters. The molecule has 0 aliphatic carbocycles. The Balaban J connectivity index is 3.07. The van der Waals surface area contributed by atoms with Gasteiger partial charge in [0.25, 0.3) is 0 Å². The van der Waals surface area contributed by atoms with Gasteiger partial charge in [-0.1, -0.05) is 11.6 Å². The Morgan fingerprint density at radius 2 is 2.08 bits per heavy atom. The molecule has 0 aliphatic heterocycles. The summed E-state index contributed by atoms with van der Waals surface area (Å²) in [6.07, 6.45) is -0.144. The predicted octanol–water partition coefficient (Wildman–Crippen LogP) is 1.95. The molecule has 0 spiro atoms. The molecule has 1 aromatic carbocycles. The van der Waals surface area contributed by atoms with Crippen LogP contribution in [0.1, 0.15) is 24.2 Å². The highest BCUT2D eigenvalue weighted by Crippen LogP contribution is 2.27. The Morgan fingerprint density at radius 3 is 2.62 bits per heavy atom. The monoisotopic (exact) mass is 181 g/mol. The fourth-order valence-electron chi connectivity index (χ4n) is 1.24. The van der Waals surface area contributed by atoms with Crippen LogP contribution in [-0.4, -0.2) is 7.11 Å². The first kappa shape index (κ1) is 10.0. The number of ether oxygens (including phenoxy) is 1. The van der Waals surface area contributed by atoms with Crippen LogP contribution in [0.3, 0.4) is 0 Å². The maximum absolute atomic E-state index is 5.19. The van der Waals surface area contributed by atoms with Gasteiger partial charge in [-0.2, -0.15) is 0 Å². The smallest absolute Gasteiger partial charge is 0.124 e. The molecule has 2 N–H and O–H groups in total. The zero-order chi connectivity index (χ0) is 9.84. The normalized spacial score (nSPS) is 12.6. The van der Waals surface area contributed by atoms with Crippen molar-refractivity contribution >= 4 is 0 Å². The summed E-state index contributed by atoms with van der Waals surface area (Å²) in [5.41, 5.74) is 2.14. The van der Waals surface area contributed by atoms with Crippen LogP contribution in [0.2, 0.25) is 0 Å². The van der Waals surface area contributed by atoms with Crippen molar-refractivity contribution in [3.63, 3.8) is 0 Å². The average Bonchev–Trinajstić information content (AvgIpc) is 2.16. The quantitative estimate of drug-likeness (QED) is 0.725. The van der Waals surface area contributed by atoms with Crippen LogP contribution in [-0.2, 0) is 4.84 Å². The molecule has 0 bridgehead atoms. The highest BCUT2D eigenvalue weighted by Gasteiger charge is 2.10. The minimum Gasteiger partial charge on any atom is -0.496 e. The first-order valence-corrected chi connectivity index (χ1v) is 4.19. The van der Waals surface area contributed by atoms with Crippen LogP contribution in [0.4, 0.5) is 0 Å². The molecule has 0 aliphatic rings. The largest absolute Gasteiger partial charge is 0.496 e. The zero-order valence-corrected chi connectivity index (χ0v) is 8.20. The second-order valence-corrected chi connectivity index (χ2v) is 3.02. The predicted molar refractivity (Wildman–Crippen MR) is 51.4 cm³/mol. The van der Waals surface area contributed by atoms with E-state index >= 15 is 0 Å². The maximum Gasteiger partial charge on any atom is 0.124 e. The van der Waals surface area contributed by atoms with Gasteiger partial charge in [-0.25, -0.2) is 5.90 Å². The second-order valence-electron chi connectivity index (χ2n) is 3.02. The summed E-state index contributed by atoms with van der Waals surface area (Å²) in [5.74, 6) is 5.93. The molecule has 0 aromatic heterocycles. The number of benzene rings is 1. The maximum atomic E-state index is 5.19. The molecule has 0 amide bonds. The van der Waals surface area contributed by atoms with Crippen molar-refractivity contribution < 1.29 is 9.57 Å². The van der Waals surface area contributed by atoms with Gasteiger partial charge in [0.15, 0.2) is 0 Å². The molecule has 3 heteroatoms. The second kappa shape index (κ2) is 4.25. The lowest BCUT2D eigenvalue weighted by Crippen LogP contribution is -2.07. The van der Waals surface area contributed by atoms with E-state index in [0.717, 1.165) is 11.3 Å². The van der Waals surface area contributed by atoms with Gasteiger partial charge >= 0.3 is 0 Å². The fourth-order valence-corrected chi connectivity index (χ4v) is 1.24. The van der Waals surface area contributed by atoms with Crippen molar-refractivity contribution in [3.8, 4) is 5.75 Å². The van der Waals surface area contributed by atoms with Crippen molar-refractivity contribution in [1.82, 2.24) is 0 Å². The number of hydrogen-bond acceptors (Lipinski definition) is 3. The van der Waals surface area contributed by atoms with Gasteiger partial charge < -0.3 is 4.74 Å². The summed E-state index contributed by atoms with van der Waals surface area (Å²) >= 11 is 0. The Morgan fingerprint density at radius 1 is 1.38 bits per heavy atom. The summed E-state index contributed by atoms with van der Waals surface area (Å²) in [4.78, 5) is 4.75. The van der Waals surface area contributed by atoms with Gasteiger partial charge in [0.1, 0.15) is 11.9 Å². The minimum atomic E-state index is -0.144. The molecule has 1 aromatic rings. The number of hydrogen-bond donors (Lipinski definition) is 1. The molecule has 3 nitrogen and oxygen atoms in total. The van der Waals surface area contributed by atoms with E-state index < -0.39 is 0 Å². The Labute approximate surface area is 78.4 Å². The van der Waals surface area contributed by atoms with E-state index in [-0.39, 0.29) is 6.10 Å².